The summed E-state index contributed by atoms with van der Waals surface area (Å²) in [5.41, 5.74) is 4.96. The summed E-state index contributed by atoms with van der Waals surface area (Å²) in [4.78, 5) is 10.7. The van der Waals surface area contributed by atoms with E-state index in [2.05, 4.69) is 28.4 Å². The maximum atomic E-state index is 10.7. The van der Waals surface area contributed by atoms with Crippen molar-refractivity contribution in [3.05, 3.63) is 47.2 Å². The predicted molar refractivity (Wildman–Crippen MR) is 64.9 cm³/mol. The topological polar surface area (TPSA) is 42.9 Å². The summed E-state index contributed by atoms with van der Waals surface area (Å²) in [7, 11) is 0. The average Bonchev–Trinajstić information content (AvgIpc) is 2.57. The molecule has 0 radical (unpaired) electrons. The second kappa shape index (κ2) is 4.09. The van der Waals surface area contributed by atoms with E-state index >= 15 is 0 Å². The Bertz CT molecular complexity index is 578. The van der Waals surface area contributed by atoms with Crippen LogP contribution in [0, 0.1) is 0 Å². The molecule has 3 nitrogen and oxygen atoms in total. The smallest absolute Gasteiger partial charge is 0.170 e. The lowest BCUT2D eigenvalue weighted by Crippen LogP contribution is -1.98. The van der Waals surface area contributed by atoms with Crippen LogP contribution in [0.15, 0.2) is 30.3 Å². The first kappa shape index (κ1) is 10.1. The highest BCUT2D eigenvalue weighted by atomic mass is 16.1. The fraction of sp³-hybridized carbons (Fsp3) is 0.214. The van der Waals surface area contributed by atoms with Gasteiger partial charge in [-0.1, -0.05) is 24.3 Å². The summed E-state index contributed by atoms with van der Waals surface area (Å²) in [6.45, 7) is 0. The normalized spacial score (nSPS) is 13.4. The zero-order chi connectivity index (χ0) is 11.7. The van der Waals surface area contributed by atoms with Crippen LogP contribution in [-0.2, 0) is 12.8 Å². The lowest BCUT2D eigenvalue weighted by molar-refractivity contribution is 0.111. The molecule has 1 aliphatic rings. The molecule has 1 aromatic heterocycles. The zero-order valence-corrected chi connectivity index (χ0v) is 9.39. The third-order valence-electron chi connectivity index (χ3n) is 3.18. The number of fused-ring (bicyclic) bond motifs is 3. The molecular formula is C14H12N2O. The van der Waals surface area contributed by atoms with Crippen molar-refractivity contribution in [1.82, 2.24) is 10.2 Å². The fourth-order valence-corrected chi connectivity index (χ4v) is 2.36. The van der Waals surface area contributed by atoms with Gasteiger partial charge >= 0.3 is 0 Å². The van der Waals surface area contributed by atoms with Gasteiger partial charge in [0.05, 0.1) is 5.69 Å². The molecule has 1 aliphatic carbocycles. The van der Waals surface area contributed by atoms with E-state index in [1.54, 1.807) is 0 Å². The van der Waals surface area contributed by atoms with E-state index in [4.69, 9.17) is 0 Å². The lowest BCUT2D eigenvalue weighted by atomic mass is 10.0. The summed E-state index contributed by atoms with van der Waals surface area (Å²) in [6.07, 6.45) is 3.86. The van der Waals surface area contributed by atoms with Crippen LogP contribution >= 0.6 is 0 Å². The first-order valence-electron chi connectivity index (χ1n) is 5.78. The van der Waals surface area contributed by atoms with Crippen molar-refractivity contribution in [2.24, 2.45) is 0 Å². The van der Waals surface area contributed by atoms with Crippen molar-refractivity contribution in [2.45, 2.75) is 19.3 Å². The number of carbonyl (C=O) groups is 1. The van der Waals surface area contributed by atoms with Crippen LogP contribution in [0.3, 0.4) is 0 Å². The molecule has 0 amide bonds. The summed E-state index contributed by atoms with van der Waals surface area (Å²) in [5, 5.41) is 8.14. The molecule has 17 heavy (non-hydrogen) atoms. The number of carbonyl (C=O) groups excluding carboxylic acids is 1. The number of nitrogens with zero attached hydrogens (tertiary/aromatic N) is 2. The number of aromatic nitrogens is 2. The molecule has 1 aromatic carbocycles. The minimum Gasteiger partial charge on any atom is -0.296 e. The number of aryl methyl sites for hydroxylation is 2. The Kier molecular flexibility index (Phi) is 2.44. The van der Waals surface area contributed by atoms with Gasteiger partial charge in [0.25, 0.3) is 0 Å². The summed E-state index contributed by atoms with van der Waals surface area (Å²) >= 11 is 0. The molecule has 0 saturated heterocycles. The molecule has 0 spiro atoms. The number of rotatable bonds is 1. The van der Waals surface area contributed by atoms with Crippen molar-refractivity contribution in [3.63, 3.8) is 0 Å². The van der Waals surface area contributed by atoms with Gasteiger partial charge in [-0.15, -0.1) is 10.2 Å². The highest BCUT2D eigenvalue weighted by molar-refractivity contribution is 5.74. The molecule has 1 heterocycles. The van der Waals surface area contributed by atoms with Crippen LogP contribution < -0.4 is 0 Å². The molecule has 3 heteroatoms. The fourth-order valence-electron chi connectivity index (χ4n) is 2.36. The van der Waals surface area contributed by atoms with E-state index in [1.807, 2.05) is 12.1 Å². The Morgan fingerprint density at radius 3 is 2.76 bits per heavy atom. The standard InChI is InChI=1S/C14H12N2O/c17-9-12-8-11-6-3-5-10-4-1-2-7-13(10)14(11)16-15-12/h1-2,4,7-9H,3,5-6H2. The van der Waals surface area contributed by atoms with Gasteiger partial charge in [-0.2, -0.15) is 0 Å². The highest BCUT2D eigenvalue weighted by Gasteiger charge is 2.16. The molecule has 0 bridgehead atoms. The van der Waals surface area contributed by atoms with Crippen molar-refractivity contribution in [1.29, 1.82) is 0 Å². The second-order valence-electron chi connectivity index (χ2n) is 4.27. The maximum Gasteiger partial charge on any atom is 0.170 e. The monoisotopic (exact) mass is 224 g/mol. The second-order valence-corrected chi connectivity index (χ2v) is 4.27. The van der Waals surface area contributed by atoms with Gasteiger partial charge in [0, 0.05) is 5.56 Å². The maximum absolute atomic E-state index is 10.7. The quantitative estimate of drug-likeness (QED) is 0.699. The molecule has 3 rings (SSSR count). The van der Waals surface area contributed by atoms with Crippen LogP contribution in [0.2, 0.25) is 0 Å². The van der Waals surface area contributed by atoms with Gasteiger partial charge in [0.2, 0.25) is 0 Å². The Hall–Kier alpha value is -2.03. The average molecular weight is 224 g/mol. The Labute approximate surface area is 99.5 Å². The SMILES string of the molecule is O=Cc1cc2c(nn1)-c1ccccc1CCC2. The summed E-state index contributed by atoms with van der Waals surface area (Å²) < 4.78 is 0. The minimum atomic E-state index is 0.420. The molecule has 0 unspecified atom stereocenters. The van der Waals surface area contributed by atoms with Crippen LogP contribution in [0.25, 0.3) is 11.3 Å². The van der Waals surface area contributed by atoms with E-state index in [0.29, 0.717) is 5.69 Å². The number of hydrogen-bond donors (Lipinski definition) is 0. The van der Waals surface area contributed by atoms with Crippen LogP contribution in [-0.4, -0.2) is 16.5 Å². The van der Waals surface area contributed by atoms with Crippen LogP contribution in [0.1, 0.15) is 28.0 Å². The van der Waals surface area contributed by atoms with Crippen molar-refractivity contribution < 1.29 is 4.79 Å². The molecular weight excluding hydrogens is 212 g/mol. The lowest BCUT2D eigenvalue weighted by Gasteiger charge is -2.06. The summed E-state index contributed by atoms with van der Waals surface area (Å²) in [5.74, 6) is 0. The third-order valence-corrected chi connectivity index (χ3v) is 3.18. The highest BCUT2D eigenvalue weighted by Crippen LogP contribution is 2.30. The van der Waals surface area contributed by atoms with Crippen molar-refractivity contribution >= 4 is 6.29 Å². The number of hydrogen-bond acceptors (Lipinski definition) is 3. The third kappa shape index (κ3) is 1.73. The van der Waals surface area contributed by atoms with Gasteiger partial charge in [-0.25, -0.2) is 0 Å². The van der Waals surface area contributed by atoms with Gasteiger partial charge < -0.3 is 0 Å². The van der Waals surface area contributed by atoms with Crippen LogP contribution in [0.4, 0.5) is 0 Å². The predicted octanol–water partition coefficient (Wildman–Crippen LogP) is 2.44. The van der Waals surface area contributed by atoms with E-state index in [-0.39, 0.29) is 0 Å². The van der Waals surface area contributed by atoms with Gasteiger partial charge in [0.15, 0.2) is 6.29 Å². The van der Waals surface area contributed by atoms with E-state index in [9.17, 15) is 4.79 Å². The largest absolute Gasteiger partial charge is 0.296 e. The minimum absolute atomic E-state index is 0.420. The first-order valence-corrected chi connectivity index (χ1v) is 5.78. The summed E-state index contributed by atoms with van der Waals surface area (Å²) in [6, 6.07) is 10.1. The molecule has 2 aromatic rings. The van der Waals surface area contributed by atoms with E-state index < -0.39 is 0 Å². The van der Waals surface area contributed by atoms with E-state index in [1.165, 1.54) is 5.56 Å². The van der Waals surface area contributed by atoms with Gasteiger partial charge in [-0.3, -0.25) is 4.79 Å². The molecule has 0 aliphatic heterocycles. The van der Waals surface area contributed by atoms with Crippen LogP contribution in [0.5, 0.6) is 0 Å². The number of aldehydes is 1. The molecule has 0 atom stereocenters. The first-order chi connectivity index (χ1) is 8.38. The van der Waals surface area contributed by atoms with Crippen molar-refractivity contribution in [2.75, 3.05) is 0 Å². The Morgan fingerprint density at radius 2 is 1.88 bits per heavy atom. The molecule has 0 saturated carbocycles. The molecule has 0 N–H and O–H groups in total. The Balaban J connectivity index is 2.22. The molecule has 84 valence electrons. The number of benzene rings is 1. The van der Waals surface area contributed by atoms with Crippen molar-refractivity contribution in [3.8, 4) is 11.3 Å². The van der Waals surface area contributed by atoms with Gasteiger partial charge in [-0.05, 0) is 36.5 Å². The molecule has 0 fully saturated rings. The van der Waals surface area contributed by atoms with Gasteiger partial charge in [0.1, 0.15) is 5.69 Å². The zero-order valence-electron chi connectivity index (χ0n) is 9.39. The van der Waals surface area contributed by atoms with E-state index in [0.717, 1.165) is 42.4 Å². The Morgan fingerprint density at radius 1 is 1.06 bits per heavy atom.